The number of benzene rings is 8. The quantitative estimate of drug-likeness (QED) is 0.175. The number of fused-ring (bicyclic) bond motifs is 14. The molecule has 2 N–H and O–H groups in total. The standard InChI is InChI=1S/C53H37N3O2.C3H6/c1-53(2)41-15-7-3-11-33(41)34-22-19-32(29-42(34)53)50-38-14-4-8-16-43(38)54-52(55-50)56-44-24-20-30(31-21-26-48-39(27-31)36-13-6-9-17-46(36)57-48)28-40(44)49-45(56)25-23-37-35-12-5-10-18-47(35)58-51(37)49;1-3-2/h3-29,50,52,54-55H,1-2H3;3H,1H2,2H3. The highest BCUT2D eigenvalue weighted by molar-refractivity contribution is 6.24. The molecule has 0 spiro atoms. The lowest BCUT2D eigenvalue weighted by Crippen LogP contribution is -2.40. The number of aromatic nitrogens is 1. The van der Waals surface area contributed by atoms with Crippen LogP contribution < -0.4 is 10.6 Å². The number of para-hydroxylation sites is 3. The fraction of sp³-hybridized carbons (Fsp3) is 0.107. The van der Waals surface area contributed by atoms with Crippen LogP contribution in [0.2, 0.25) is 0 Å². The molecule has 4 heterocycles. The maximum Gasteiger partial charge on any atom is 0.160 e. The van der Waals surface area contributed by atoms with Crippen molar-refractivity contribution in [3.8, 4) is 22.3 Å². The second-order valence-corrected chi connectivity index (χ2v) is 17.0. The number of furan rings is 2. The lowest BCUT2D eigenvalue weighted by Gasteiger charge is -2.37. The Balaban J connectivity index is 0.00000129. The van der Waals surface area contributed by atoms with Crippen LogP contribution in [0.3, 0.4) is 0 Å². The second-order valence-electron chi connectivity index (χ2n) is 17.0. The van der Waals surface area contributed by atoms with Gasteiger partial charge in [-0.15, -0.1) is 6.58 Å². The van der Waals surface area contributed by atoms with Gasteiger partial charge in [-0.2, -0.15) is 0 Å². The number of rotatable bonds is 3. The van der Waals surface area contributed by atoms with Crippen LogP contribution in [0.5, 0.6) is 0 Å². The number of allylic oxidation sites excluding steroid dienone is 1. The second kappa shape index (κ2) is 13.3. The molecule has 0 saturated carbocycles. The molecule has 0 bridgehead atoms. The first kappa shape index (κ1) is 35.6. The summed E-state index contributed by atoms with van der Waals surface area (Å²) in [5.41, 5.74) is 17.0. The van der Waals surface area contributed by atoms with Gasteiger partial charge in [0, 0.05) is 38.0 Å². The summed E-state index contributed by atoms with van der Waals surface area (Å²) < 4.78 is 15.4. The van der Waals surface area contributed by atoms with Gasteiger partial charge in [-0.25, -0.2) is 0 Å². The van der Waals surface area contributed by atoms with Crippen LogP contribution in [0, 0.1) is 0 Å². The molecule has 0 saturated heterocycles. The van der Waals surface area contributed by atoms with Crippen molar-refractivity contribution in [1.29, 1.82) is 0 Å². The summed E-state index contributed by atoms with van der Waals surface area (Å²) in [5, 5.41) is 14.8. The first-order valence-electron chi connectivity index (χ1n) is 21.1. The maximum atomic E-state index is 6.78. The lowest BCUT2D eigenvalue weighted by molar-refractivity contribution is 0.416. The van der Waals surface area contributed by atoms with Gasteiger partial charge in [0.15, 0.2) is 6.29 Å². The van der Waals surface area contributed by atoms with E-state index >= 15 is 0 Å². The molecule has 0 fully saturated rings. The molecule has 0 radical (unpaired) electrons. The van der Waals surface area contributed by atoms with Gasteiger partial charge < -0.3 is 18.7 Å². The third kappa shape index (κ3) is 5.24. The smallest absolute Gasteiger partial charge is 0.160 e. The van der Waals surface area contributed by atoms with Crippen LogP contribution >= 0.6 is 0 Å². The third-order valence-corrected chi connectivity index (χ3v) is 13.1. The molecule has 2 atom stereocenters. The largest absolute Gasteiger partial charge is 0.456 e. The molecule has 5 nitrogen and oxygen atoms in total. The van der Waals surface area contributed by atoms with Crippen LogP contribution in [0.4, 0.5) is 5.69 Å². The normalized spacial score (nSPS) is 16.4. The van der Waals surface area contributed by atoms with E-state index in [1.807, 2.05) is 25.1 Å². The molecule has 2 aliphatic rings. The molecule has 13 rings (SSSR count). The molecule has 1 aliphatic heterocycles. The topological polar surface area (TPSA) is 55.3 Å². The van der Waals surface area contributed by atoms with Crippen molar-refractivity contribution >= 4 is 71.4 Å². The third-order valence-electron chi connectivity index (χ3n) is 13.1. The van der Waals surface area contributed by atoms with Gasteiger partial charge in [-0.05, 0) is 106 Å². The van der Waals surface area contributed by atoms with E-state index in [9.17, 15) is 0 Å². The Morgan fingerprint density at radius 2 is 1.21 bits per heavy atom. The average molecular weight is 790 g/mol. The predicted octanol–water partition coefficient (Wildman–Crippen LogP) is 15.0. The van der Waals surface area contributed by atoms with Crippen LogP contribution in [-0.2, 0) is 5.41 Å². The molecular formula is C56H43N3O2. The Kier molecular flexibility index (Phi) is 7.78. The molecule has 0 amide bonds. The highest BCUT2D eigenvalue weighted by Crippen LogP contribution is 2.50. The first-order valence-corrected chi connectivity index (χ1v) is 21.1. The molecule has 1 aliphatic carbocycles. The fourth-order valence-corrected chi connectivity index (χ4v) is 10.3. The van der Waals surface area contributed by atoms with E-state index < -0.39 is 0 Å². The Morgan fingerprint density at radius 3 is 2.05 bits per heavy atom. The first-order chi connectivity index (χ1) is 29.9. The van der Waals surface area contributed by atoms with Crippen molar-refractivity contribution in [1.82, 2.24) is 9.88 Å². The van der Waals surface area contributed by atoms with Crippen LogP contribution in [0.15, 0.2) is 185 Å². The SMILES string of the molecule is C=CC.CC1(C)c2ccccc2-c2ccc(C3NC(n4c5ccc(-c6ccc7oc8ccccc8c7c6)cc5c5c6oc7ccccc7c6ccc54)Nc4ccccc43)cc21. The Hall–Kier alpha value is -7.34. The van der Waals surface area contributed by atoms with Gasteiger partial charge in [0.2, 0.25) is 0 Å². The summed E-state index contributed by atoms with van der Waals surface area (Å²) >= 11 is 0. The Morgan fingerprint density at radius 1 is 0.574 bits per heavy atom. The summed E-state index contributed by atoms with van der Waals surface area (Å²) in [5.74, 6) is 0. The summed E-state index contributed by atoms with van der Waals surface area (Å²) in [6.45, 7) is 9.96. The van der Waals surface area contributed by atoms with E-state index in [1.54, 1.807) is 6.08 Å². The molecule has 11 aromatic rings. The van der Waals surface area contributed by atoms with Crippen molar-refractivity contribution in [2.45, 2.75) is 38.5 Å². The van der Waals surface area contributed by atoms with Gasteiger partial charge >= 0.3 is 0 Å². The van der Waals surface area contributed by atoms with Crippen molar-refractivity contribution in [2.75, 3.05) is 5.32 Å². The maximum absolute atomic E-state index is 6.78. The zero-order valence-electron chi connectivity index (χ0n) is 34.3. The molecular weight excluding hydrogens is 747 g/mol. The fourth-order valence-electron chi connectivity index (χ4n) is 10.3. The Labute approximate surface area is 353 Å². The van der Waals surface area contributed by atoms with E-state index in [4.69, 9.17) is 8.83 Å². The minimum atomic E-state index is -0.264. The van der Waals surface area contributed by atoms with Crippen LogP contribution in [0.1, 0.15) is 55.4 Å². The van der Waals surface area contributed by atoms with Crippen molar-refractivity contribution in [2.24, 2.45) is 0 Å². The summed E-state index contributed by atoms with van der Waals surface area (Å²) in [6, 6.07) is 59.2. The monoisotopic (exact) mass is 789 g/mol. The van der Waals surface area contributed by atoms with E-state index in [0.29, 0.717) is 0 Å². The van der Waals surface area contributed by atoms with E-state index in [-0.39, 0.29) is 17.7 Å². The number of nitrogens with one attached hydrogen (secondary N) is 2. The lowest BCUT2D eigenvalue weighted by atomic mass is 9.81. The predicted molar refractivity (Wildman–Crippen MR) is 253 cm³/mol. The van der Waals surface area contributed by atoms with Crippen molar-refractivity contribution < 1.29 is 8.83 Å². The Bertz CT molecular complexity index is 3580. The number of hydrogen-bond donors (Lipinski definition) is 2. The molecule has 61 heavy (non-hydrogen) atoms. The highest BCUT2D eigenvalue weighted by atomic mass is 16.3. The van der Waals surface area contributed by atoms with Gasteiger partial charge in [0.25, 0.3) is 0 Å². The zero-order valence-corrected chi connectivity index (χ0v) is 34.3. The summed E-state index contributed by atoms with van der Waals surface area (Å²) in [7, 11) is 0. The summed E-state index contributed by atoms with van der Waals surface area (Å²) in [4.78, 5) is 0. The minimum absolute atomic E-state index is 0.0505. The van der Waals surface area contributed by atoms with Gasteiger partial charge in [0.05, 0.1) is 22.5 Å². The minimum Gasteiger partial charge on any atom is -0.456 e. The average Bonchev–Trinajstić information content (AvgIpc) is 4.02. The van der Waals surface area contributed by atoms with Gasteiger partial charge in [0.1, 0.15) is 22.3 Å². The van der Waals surface area contributed by atoms with Crippen molar-refractivity contribution in [3.05, 3.63) is 199 Å². The van der Waals surface area contributed by atoms with Crippen molar-refractivity contribution in [3.63, 3.8) is 0 Å². The van der Waals surface area contributed by atoms with Crippen LogP contribution in [0.25, 0.3) is 87.9 Å². The number of anilines is 1. The zero-order chi connectivity index (χ0) is 41.0. The van der Waals surface area contributed by atoms with E-state index in [0.717, 1.165) is 82.5 Å². The molecule has 294 valence electrons. The van der Waals surface area contributed by atoms with E-state index in [2.05, 4.69) is 181 Å². The molecule has 3 aromatic heterocycles. The molecule has 8 aromatic carbocycles. The van der Waals surface area contributed by atoms with E-state index in [1.165, 1.54) is 33.4 Å². The summed E-state index contributed by atoms with van der Waals surface area (Å²) in [6.07, 6.45) is 1.49. The number of hydrogen-bond acceptors (Lipinski definition) is 4. The number of nitrogens with zero attached hydrogens (tertiary/aromatic N) is 1. The van der Waals surface area contributed by atoms with Crippen LogP contribution in [-0.4, -0.2) is 4.57 Å². The van der Waals surface area contributed by atoms with Gasteiger partial charge in [-0.1, -0.05) is 129 Å². The highest BCUT2D eigenvalue weighted by Gasteiger charge is 2.37. The molecule has 2 unspecified atom stereocenters. The molecule has 5 heteroatoms. The van der Waals surface area contributed by atoms with Gasteiger partial charge in [-0.3, -0.25) is 5.32 Å².